The smallest absolute Gasteiger partial charge is 0.253 e. The molecule has 0 atom stereocenters. The Balaban J connectivity index is 2.02. The minimum absolute atomic E-state index is 0.156. The fourth-order valence-electron chi connectivity index (χ4n) is 1.83. The molecular weight excluding hydrogens is 314 g/mol. The summed E-state index contributed by atoms with van der Waals surface area (Å²) in [5, 5.41) is 8.32. The van der Waals surface area contributed by atoms with Crippen LogP contribution in [-0.2, 0) is 11.3 Å². The third kappa shape index (κ3) is 4.93. The van der Waals surface area contributed by atoms with Crippen molar-refractivity contribution in [1.82, 2.24) is 10.6 Å². The molecule has 120 valence electrons. The number of carbonyl (C=O) groups excluding carboxylic acids is 2. The summed E-state index contributed by atoms with van der Waals surface area (Å²) in [6.07, 6.45) is 1.87. The molecule has 6 nitrogen and oxygen atoms in total. The quantitative estimate of drug-likeness (QED) is 0.733. The molecule has 0 unspecified atom stereocenters. The van der Waals surface area contributed by atoms with Gasteiger partial charge in [-0.1, -0.05) is 19.1 Å². The molecule has 0 fully saturated rings. The number of benzene rings is 1. The SMILES string of the molecule is CCC(=O)NC(=S)Nc1ccccc1C(=O)NCc1ccco1. The van der Waals surface area contributed by atoms with Crippen molar-refractivity contribution in [3.63, 3.8) is 0 Å². The first-order valence-corrected chi connectivity index (χ1v) is 7.51. The van der Waals surface area contributed by atoms with Crippen molar-refractivity contribution in [2.24, 2.45) is 0 Å². The highest BCUT2D eigenvalue weighted by Gasteiger charge is 2.12. The largest absolute Gasteiger partial charge is 0.467 e. The summed E-state index contributed by atoms with van der Waals surface area (Å²) in [6, 6.07) is 10.4. The van der Waals surface area contributed by atoms with Gasteiger partial charge in [0.15, 0.2) is 5.11 Å². The van der Waals surface area contributed by atoms with Gasteiger partial charge in [0.2, 0.25) is 5.91 Å². The Morgan fingerprint density at radius 1 is 1.17 bits per heavy atom. The third-order valence-electron chi connectivity index (χ3n) is 3.00. The van der Waals surface area contributed by atoms with Gasteiger partial charge in [-0.25, -0.2) is 0 Å². The molecule has 0 saturated carbocycles. The highest BCUT2D eigenvalue weighted by atomic mass is 32.1. The normalized spacial score (nSPS) is 9.96. The van der Waals surface area contributed by atoms with Crippen LogP contribution in [0.15, 0.2) is 47.1 Å². The first-order chi connectivity index (χ1) is 11.1. The third-order valence-corrected chi connectivity index (χ3v) is 3.20. The summed E-state index contributed by atoms with van der Waals surface area (Å²) < 4.78 is 5.17. The second-order valence-corrected chi connectivity index (χ2v) is 5.07. The molecule has 2 rings (SSSR count). The number of amides is 2. The van der Waals surface area contributed by atoms with E-state index in [1.807, 2.05) is 0 Å². The maximum absolute atomic E-state index is 12.3. The van der Waals surface area contributed by atoms with Gasteiger partial charge in [0.25, 0.3) is 5.91 Å². The van der Waals surface area contributed by atoms with Gasteiger partial charge in [-0.2, -0.15) is 0 Å². The molecule has 1 aromatic carbocycles. The van der Waals surface area contributed by atoms with Crippen LogP contribution in [0.3, 0.4) is 0 Å². The molecule has 0 spiro atoms. The zero-order chi connectivity index (χ0) is 16.7. The van der Waals surface area contributed by atoms with Crippen LogP contribution in [0.25, 0.3) is 0 Å². The number of anilines is 1. The van der Waals surface area contributed by atoms with Crippen LogP contribution in [0.1, 0.15) is 29.5 Å². The summed E-state index contributed by atoms with van der Waals surface area (Å²) in [6.45, 7) is 2.02. The lowest BCUT2D eigenvalue weighted by Crippen LogP contribution is -2.34. The van der Waals surface area contributed by atoms with E-state index in [9.17, 15) is 9.59 Å². The molecule has 2 aromatic rings. The first kappa shape index (κ1) is 16.7. The van der Waals surface area contributed by atoms with Crippen molar-refractivity contribution in [3.8, 4) is 0 Å². The predicted molar refractivity (Wildman–Crippen MR) is 91.0 cm³/mol. The topological polar surface area (TPSA) is 83.4 Å². The van der Waals surface area contributed by atoms with E-state index in [4.69, 9.17) is 16.6 Å². The van der Waals surface area contributed by atoms with Crippen LogP contribution in [-0.4, -0.2) is 16.9 Å². The lowest BCUT2D eigenvalue weighted by molar-refractivity contribution is -0.119. The molecule has 0 saturated heterocycles. The number of hydrogen-bond acceptors (Lipinski definition) is 4. The highest BCUT2D eigenvalue weighted by Crippen LogP contribution is 2.15. The summed E-state index contributed by atoms with van der Waals surface area (Å²) in [5.41, 5.74) is 0.943. The summed E-state index contributed by atoms with van der Waals surface area (Å²) in [5.74, 6) is 0.200. The predicted octanol–water partition coefficient (Wildman–Crippen LogP) is 2.43. The monoisotopic (exact) mass is 331 g/mol. The van der Waals surface area contributed by atoms with Gasteiger partial charge in [0.1, 0.15) is 5.76 Å². The molecule has 0 aliphatic carbocycles. The van der Waals surface area contributed by atoms with Crippen LogP contribution in [0.5, 0.6) is 0 Å². The molecule has 0 bridgehead atoms. The van der Waals surface area contributed by atoms with E-state index < -0.39 is 0 Å². The van der Waals surface area contributed by atoms with Crippen molar-refractivity contribution in [2.45, 2.75) is 19.9 Å². The van der Waals surface area contributed by atoms with Crippen LogP contribution in [0.2, 0.25) is 0 Å². The molecule has 0 aliphatic heterocycles. The average Bonchev–Trinajstić information content (AvgIpc) is 3.06. The summed E-state index contributed by atoms with van der Waals surface area (Å²) >= 11 is 5.06. The van der Waals surface area contributed by atoms with E-state index in [2.05, 4.69) is 16.0 Å². The van der Waals surface area contributed by atoms with E-state index in [0.717, 1.165) is 0 Å². The van der Waals surface area contributed by atoms with Gasteiger partial charge in [0, 0.05) is 6.42 Å². The van der Waals surface area contributed by atoms with Crippen LogP contribution < -0.4 is 16.0 Å². The molecule has 1 heterocycles. The molecule has 2 amide bonds. The Hall–Kier alpha value is -2.67. The minimum Gasteiger partial charge on any atom is -0.467 e. The van der Waals surface area contributed by atoms with Crippen molar-refractivity contribution in [1.29, 1.82) is 0 Å². The lowest BCUT2D eigenvalue weighted by Gasteiger charge is -2.13. The van der Waals surface area contributed by atoms with Gasteiger partial charge < -0.3 is 20.4 Å². The summed E-state index contributed by atoms with van der Waals surface area (Å²) in [7, 11) is 0. The van der Waals surface area contributed by atoms with E-state index in [1.54, 1.807) is 49.6 Å². The number of thiocarbonyl (C=S) groups is 1. The fraction of sp³-hybridized carbons (Fsp3) is 0.188. The van der Waals surface area contributed by atoms with Gasteiger partial charge in [-0.15, -0.1) is 0 Å². The summed E-state index contributed by atoms with van der Waals surface area (Å²) in [4.78, 5) is 23.6. The molecule has 0 radical (unpaired) electrons. The molecule has 1 aromatic heterocycles. The van der Waals surface area contributed by atoms with Crippen molar-refractivity contribution in [3.05, 3.63) is 54.0 Å². The van der Waals surface area contributed by atoms with E-state index in [0.29, 0.717) is 23.4 Å². The Kier molecular flexibility index (Phi) is 5.87. The Bertz CT molecular complexity index is 698. The number of hydrogen-bond donors (Lipinski definition) is 3. The second-order valence-electron chi connectivity index (χ2n) is 4.66. The molecule has 3 N–H and O–H groups in total. The second kappa shape index (κ2) is 8.09. The fourth-order valence-corrected chi connectivity index (χ4v) is 2.06. The lowest BCUT2D eigenvalue weighted by atomic mass is 10.1. The van der Waals surface area contributed by atoms with Gasteiger partial charge in [-0.3, -0.25) is 9.59 Å². The maximum atomic E-state index is 12.3. The highest BCUT2D eigenvalue weighted by molar-refractivity contribution is 7.80. The minimum atomic E-state index is -0.269. The van der Waals surface area contributed by atoms with Crippen LogP contribution in [0.4, 0.5) is 5.69 Å². The molecule has 0 aliphatic rings. The van der Waals surface area contributed by atoms with Gasteiger partial charge in [0.05, 0.1) is 24.1 Å². The standard InChI is InChI=1S/C16H17N3O3S/c1-2-14(20)19-16(23)18-13-8-4-3-7-12(13)15(21)17-10-11-6-5-9-22-11/h3-9H,2,10H2,1H3,(H,17,21)(H2,18,19,20,23). The van der Waals surface area contributed by atoms with Crippen LogP contribution in [0, 0.1) is 0 Å². The van der Waals surface area contributed by atoms with Crippen molar-refractivity contribution in [2.75, 3.05) is 5.32 Å². The zero-order valence-corrected chi connectivity index (χ0v) is 13.4. The van der Waals surface area contributed by atoms with Gasteiger partial charge in [-0.05, 0) is 36.5 Å². The molecule has 23 heavy (non-hydrogen) atoms. The van der Waals surface area contributed by atoms with E-state index >= 15 is 0 Å². The van der Waals surface area contributed by atoms with E-state index in [-0.39, 0.29) is 23.5 Å². The zero-order valence-electron chi connectivity index (χ0n) is 12.6. The molecule has 7 heteroatoms. The molecular formula is C16H17N3O3S. The van der Waals surface area contributed by atoms with Crippen LogP contribution >= 0.6 is 12.2 Å². The van der Waals surface area contributed by atoms with Crippen molar-refractivity contribution >= 4 is 34.8 Å². The number of furan rings is 1. The number of rotatable bonds is 5. The Morgan fingerprint density at radius 2 is 1.96 bits per heavy atom. The Labute approximate surface area is 139 Å². The van der Waals surface area contributed by atoms with Crippen molar-refractivity contribution < 1.29 is 14.0 Å². The van der Waals surface area contributed by atoms with Gasteiger partial charge >= 0.3 is 0 Å². The Morgan fingerprint density at radius 3 is 2.65 bits per heavy atom. The number of carbonyl (C=O) groups is 2. The maximum Gasteiger partial charge on any atom is 0.253 e. The first-order valence-electron chi connectivity index (χ1n) is 7.10. The number of nitrogens with one attached hydrogen (secondary N) is 3. The number of para-hydroxylation sites is 1. The van der Waals surface area contributed by atoms with E-state index in [1.165, 1.54) is 0 Å². The average molecular weight is 331 g/mol.